The summed E-state index contributed by atoms with van der Waals surface area (Å²) in [5.41, 5.74) is 0. The van der Waals surface area contributed by atoms with E-state index in [0.717, 1.165) is 32.5 Å². The molecule has 0 aliphatic carbocycles. The van der Waals surface area contributed by atoms with Crippen LogP contribution in [0.15, 0.2) is 0 Å². The second kappa shape index (κ2) is 5.86. The lowest BCUT2D eigenvalue weighted by Crippen LogP contribution is -2.51. The molecule has 0 bridgehead atoms. The van der Waals surface area contributed by atoms with Crippen molar-refractivity contribution in [2.45, 2.75) is 44.8 Å². The van der Waals surface area contributed by atoms with Crippen LogP contribution in [0, 0.1) is 0 Å². The Kier molecular flexibility index (Phi) is 4.64. The molecule has 2 saturated heterocycles. The van der Waals surface area contributed by atoms with Crippen LogP contribution in [0.25, 0.3) is 0 Å². The van der Waals surface area contributed by atoms with Crippen molar-refractivity contribution in [2.24, 2.45) is 0 Å². The van der Waals surface area contributed by atoms with E-state index in [1.165, 1.54) is 0 Å². The quantitative estimate of drug-likeness (QED) is 0.778. The average Bonchev–Trinajstić information content (AvgIpc) is 2.38. The Morgan fingerprint density at radius 1 is 1.17 bits per heavy atom. The summed E-state index contributed by atoms with van der Waals surface area (Å²) in [6.45, 7) is 4.49. The highest BCUT2D eigenvalue weighted by Crippen LogP contribution is 2.31. The van der Waals surface area contributed by atoms with E-state index in [1.807, 2.05) is 6.92 Å². The van der Waals surface area contributed by atoms with E-state index >= 15 is 0 Å². The van der Waals surface area contributed by atoms with Crippen LogP contribution in [0.2, 0.25) is 0 Å². The van der Waals surface area contributed by atoms with Crippen LogP contribution in [0.1, 0.15) is 39.0 Å². The minimum Gasteiger partial charge on any atom is -0.350 e. The first-order valence-electron chi connectivity index (χ1n) is 6.84. The fourth-order valence-electron chi connectivity index (χ4n) is 2.47. The topological polar surface area (TPSA) is 55.8 Å². The highest BCUT2D eigenvalue weighted by atomic mass is 32.2. The Morgan fingerprint density at radius 2 is 1.78 bits per heavy atom. The van der Waals surface area contributed by atoms with Gasteiger partial charge in [-0.25, -0.2) is 12.7 Å². The third-order valence-electron chi connectivity index (χ3n) is 3.65. The first-order chi connectivity index (χ1) is 8.58. The molecule has 5 nitrogen and oxygen atoms in total. The fourth-order valence-corrected chi connectivity index (χ4v) is 4.12. The average molecular weight is 277 g/mol. The zero-order valence-corrected chi connectivity index (χ0v) is 11.9. The third-order valence-corrected chi connectivity index (χ3v) is 5.61. The highest BCUT2D eigenvalue weighted by Gasteiger charge is 2.40. The van der Waals surface area contributed by atoms with E-state index in [0.29, 0.717) is 25.9 Å². The molecule has 0 aromatic heterocycles. The van der Waals surface area contributed by atoms with Crippen molar-refractivity contribution in [3.63, 3.8) is 0 Å². The standard InChI is InChI=1S/C12H23NO4S/c1-2-3-11-18(14,15)13-7-5-12(6-8-13)16-9-4-10-17-12/h2-11H2,1H3. The molecule has 6 heteroatoms. The Balaban J connectivity index is 1.89. The van der Waals surface area contributed by atoms with Crippen molar-refractivity contribution in [1.29, 1.82) is 0 Å². The first kappa shape index (κ1) is 14.2. The summed E-state index contributed by atoms with van der Waals surface area (Å²) in [5.74, 6) is -0.243. The zero-order valence-electron chi connectivity index (χ0n) is 11.1. The monoisotopic (exact) mass is 277 g/mol. The van der Waals surface area contributed by atoms with Gasteiger partial charge in [0.1, 0.15) is 0 Å². The van der Waals surface area contributed by atoms with Gasteiger partial charge in [0, 0.05) is 25.9 Å². The molecule has 0 aromatic carbocycles. The Hall–Kier alpha value is -0.170. The molecule has 0 N–H and O–H groups in total. The molecule has 0 radical (unpaired) electrons. The van der Waals surface area contributed by atoms with Gasteiger partial charge < -0.3 is 9.47 Å². The molecule has 0 amide bonds. The van der Waals surface area contributed by atoms with Crippen molar-refractivity contribution in [3.8, 4) is 0 Å². The summed E-state index contributed by atoms with van der Waals surface area (Å²) in [5, 5.41) is 0. The number of unbranched alkanes of at least 4 members (excludes halogenated alkanes) is 1. The smallest absolute Gasteiger partial charge is 0.214 e. The van der Waals surface area contributed by atoms with Crippen molar-refractivity contribution >= 4 is 10.0 Å². The van der Waals surface area contributed by atoms with Crippen LogP contribution in [-0.4, -0.2) is 50.6 Å². The summed E-state index contributed by atoms with van der Waals surface area (Å²) < 4.78 is 37.1. The lowest BCUT2D eigenvalue weighted by atomic mass is 10.0. The number of ether oxygens (including phenoxy) is 2. The lowest BCUT2D eigenvalue weighted by Gasteiger charge is -2.42. The normalized spacial score (nSPS) is 25.4. The minimum atomic E-state index is -3.08. The van der Waals surface area contributed by atoms with E-state index in [-0.39, 0.29) is 5.75 Å². The Labute approximate surface area is 109 Å². The van der Waals surface area contributed by atoms with Gasteiger partial charge in [-0.2, -0.15) is 0 Å². The number of piperidine rings is 1. The second-order valence-electron chi connectivity index (χ2n) is 5.03. The molecule has 0 aromatic rings. The third kappa shape index (κ3) is 3.23. The SMILES string of the molecule is CCCCS(=O)(=O)N1CCC2(CC1)OCCCO2. The van der Waals surface area contributed by atoms with Crippen LogP contribution < -0.4 is 0 Å². The molecule has 2 aliphatic heterocycles. The van der Waals surface area contributed by atoms with Crippen molar-refractivity contribution < 1.29 is 17.9 Å². The summed E-state index contributed by atoms with van der Waals surface area (Å²) in [4.78, 5) is 0. The fraction of sp³-hybridized carbons (Fsp3) is 1.00. The van der Waals surface area contributed by atoms with Gasteiger partial charge in [-0.1, -0.05) is 13.3 Å². The maximum absolute atomic E-state index is 12.1. The predicted molar refractivity (Wildman–Crippen MR) is 68.8 cm³/mol. The minimum absolute atomic E-state index is 0.262. The van der Waals surface area contributed by atoms with Gasteiger partial charge in [-0.05, 0) is 12.8 Å². The molecule has 18 heavy (non-hydrogen) atoms. The molecule has 2 aliphatic rings. The van der Waals surface area contributed by atoms with E-state index < -0.39 is 15.8 Å². The van der Waals surface area contributed by atoms with Crippen LogP contribution >= 0.6 is 0 Å². The summed E-state index contributed by atoms with van der Waals surface area (Å²) in [7, 11) is -3.08. The van der Waals surface area contributed by atoms with Crippen LogP contribution in [-0.2, 0) is 19.5 Å². The molecule has 2 rings (SSSR count). The Morgan fingerprint density at radius 3 is 2.33 bits per heavy atom. The van der Waals surface area contributed by atoms with Crippen molar-refractivity contribution in [3.05, 3.63) is 0 Å². The van der Waals surface area contributed by atoms with Crippen LogP contribution in [0.5, 0.6) is 0 Å². The molecule has 0 unspecified atom stereocenters. The van der Waals surface area contributed by atoms with Gasteiger partial charge in [0.25, 0.3) is 0 Å². The second-order valence-corrected chi connectivity index (χ2v) is 7.12. The van der Waals surface area contributed by atoms with Gasteiger partial charge in [0.15, 0.2) is 5.79 Å². The number of hydrogen-bond donors (Lipinski definition) is 0. The van der Waals surface area contributed by atoms with Gasteiger partial charge in [-0.15, -0.1) is 0 Å². The zero-order chi connectivity index (χ0) is 13.1. The number of nitrogens with zero attached hydrogens (tertiary/aromatic N) is 1. The van der Waals surface area contributed by atoms with Crippen molar-refractivity contribution in [1.82, 2.24) is 4.31 Å². The van der Waals surface area contributed by atoms with Gasteiger partial charge in [-0.3, -0.25) is 0 Å². The van der Waals surface area contributed by atoms with Crippen LogP contribution in [0.3, 0.4) is 0 Å². The highest BCUT2D eigenvalue weighted by molar-refractivity contribution is 7.89. The van der Waals surface area contributed by atoms with Gasteiger partial charge >= 0.3 is 0 Å². The van der Waals surface area contributed by atoms with Gasteiger partial charge in [0.05, 0.1) is 19.0 Å². The molecule has 106 valence electrons. The van der Waals surface area contributed by atoms with Crippen molar-refractivity contribution in [2.75, 3.05) is 32.1 Å². The molecular weight excluding hydrogens is 254 g/mol. The lowest BCUT2D eigenvalue weighted by molar-refractivity contribution is -0.280. The first-order valence-corrected chi connectivity index (χ1v) is 8.45. The molecule has 2 heterocycles. The van der Waals surface area contributed by atoms with E-state index in [4.69, 9.17) is 9.47 Å². The van der Waals surface area contributed by atoms with E-state index in [9.17, 15) is 8.42 Å². The summed E-state index contributed by atoms with van der Waals surface area (Å²) in [6, 6.07) is 0. The number of rotatable bonds is 4. The Bertz CT molecular complexity index is 352. The van der Waals surface area contributed by atoms with E-state index in [2.05, 4.69) is 0 Å². The number of sulfonamides is 1. The largest absolute Gasteiger partial charge is 0.350 e. The summed E-state index contributed by atoms with van der Waals surface area (Å²) >= 11 is 0. The molecule has 0 atom stereocenters. The maximum atomic E-state index is 12.1. The predicted octanol–water partition coefficient (Wildman–Crippen LogP) is 1.35. The molecule has 1 spiro atoms. The van der Waals surface area contributed by atoms with Gasteiger partial charge in [0.2, 0.25) is 10.0 Å². The molecular formula is C12H23NO4S. The molecule has 2 fully saturated rings. The maximum Gasteiger partial charge on any atom is 0.214 e. The number of hydrogen-bond acceptors (Lipinski definition) is 4. The summed E-state index contributed by atoms with van der Waals surface area (Å²) in [6.07, 6.45) is 3.87. The van der Waals surface area contributed by atoms with Crippen LogP contribution in [0.4, 0.5) is 0 Å². The van der Waals surface area contributed by atoms with E-state index in [1.54, 1.807) is 4.31 Å². The molecule has 0 saturated carbocycles.